The lowest BCUT2D eigenvalue weighted by molar-refractivity contribution is -0.124. The van der Waals surface area contributed by atoms with E-state index in [9.17, 15) is 4.79 Å². The van der Waals surface area contributed by atoms with Gasteiger partial charge in [-0.3, -0.25) is 4.79 Å². The first-order chi connectivity index (χ1) is 8.81. The van der Waals surface area contributed by atoms with Gasteiger partial charge in [-0.2, -0.15) is 0 Å². The van der Waals surface area contributed by atoms with E-state index in [0.717, 1.165) is 12.2 Å². The van der Waals surface area contributed by atoms with Crippen LogP contribution in [-0.2, 0) is 4.79 Å². The van der Waals surface area contributed by atoms with Gasteiger partial charge >= 0.3 is 0 Å². The van der Waals surface area contributed by atoms with Crippen LogP contribution in [0.2, 0.25) is 0 Å². The molecule has 2 aliphatic carbocycles. The molecule has 0 aromatic heterocycles. The number of carbonyl (C=O) groups excluding carboxylic acids is 1. The summed E-state index contributed by atoms with van der Waals surface area (Å²) in [6.45, 7) is 0.0988. The Morgan fingerprint density at radius 2 is 2.06 bits per heavy atom. The molecule has 3 nitrogen and oxygen atoms in total. The first-order valence-corrected chi connectivity index (χ1v) is 6.47. The van der Waals surface area contributed by atoms with Gasteiger partial charge in [-0.25, -0.2) is 0 Å². The van der Waals surface area contributed by atoms with E-state index in [1.54, 1.807) is 0 Å². The third-order valence-corrected chi connectivity index (χ3v) is 3.74. The van der Waals surface area contributed by atoms with Gasteiger partial charge in [0.25, 0.3) is 5.91 Å². The van der Waals surface area contributed by atoms with Crippen molar-refractivity contribution in [1.82, 2.24) is 5.32 Å². The highest BCUT2D eigenvalue weighted by atomic mass is 16.5. The standard InChI is InChI=1S/C15H17NO2/c17-15(10-18-13-4-2-1-3-5-13)16-14-9-11-6-7-12(14)8-11/h1-7,11-12,14H,8-10H2,(H,16,17). The van der Waals surface area contributed by atoms with Crippen LogP contribution in [0.15, 0.2) is 42.5 Å². The Labute approximate surface area is 107 Å². The summed E-state index contributed by atoms with van der Waals surface area (Å²) in [6, 6.07) is 9.74. The highest BCUT2D eigenvalue weighted by Crippen LogP contribution is 2.38. The second-order valence-electron chi connectivity index (χ2n) is 5.06. The molecule has 1 aromatic rings. The first kappa shape index (κ1) is 11.3. The zero-order valence-electron chi connectivity index (χ0n) is 10.2. The molecule has 1 amide bonds. The van der Waals surface area contributed by atoms with Gasteiger partial charge in [0, 0.05) is 6.04 Å². The summed E-state index contributed by atoms with van der Waals surface area (Å²) >= 11 is 0. The number of nitrogens with one attached hydrogen (secondary N) is 1. The zero-order valence-corrected chi connectivity index (χ0v) is 10.2. The Bertz CT molecular complexity index is 455. The maximum absolute atomic E-state index is 11.8. The average Bonchev–Trinajstić information content (AvgIpc) is 3.00. The lowest BCUT2D eigenvalue weighted by atomic mass is 10.0. The summed E-state index contributed by atoms with van der Waals surface area (Å²) < 4.78 is 5.43. The normalized spacial score (nSPS) is 28.3. The van der Waals surface area contributed by atoms with Crippen LogP contribution in [0.3, 0.4) is 0 Å². The number of allylic oxidation sites excluding steroid dienone is 1. The van der Waals surface area contributed by atoms with E-state index in [2.05, 4.69) is 17.5 Å². The van der Waals surface area contributed by atoms with Crippen LogP contribution in [0.5, 0.6) is 5.75 Å². The maximum Gasteiger partial charge on any atom is 0.258 e. The van der Waals surface area contributed by atoms with Crippen LogP contribution in [0.1, 0.15) is 12.8 Å². The van der Waals surface area contributed by atoms with Crippen LogP contribution < -0.4 is 10.1 Å². The molecule has 0 spiro atoms. The zero-order chi connectivity index (χ0) is 12.4. The van der Waals surface area contributed by atoms with E-state index in [-0.39, 0.29) is 12.5 Å². The molecule has 3 rings (SSSR count). The van der Waals surface area contributed by atoms with Crippen molar-refractivity contribution in [2.24, 2.45) is 11.8 Å². The molecule has 0 aliphatic heterocycles. The number of para-hydroxylation sites is 1. The van der Waals surface area contributed by atoms with Crippen molar-refractivity contribution in [3.05, 3.63) is 42.5 Å². The minimum Gasteiger partial charge on any atom is -0.484 e. The number of amides is 1. The van der Waals surface area contributed by atoms with Crippen LogP contribution in [0.25, 0.3) is 0 Å². The van der Waals surface area contributed by atoms with Crippen LogP contribution in [-0.4, -0.2) is 18.6 Å². The minimum absolute atomic E-state index is 0.0233. The average molecular weight is 243 g/mol. The predicted molar refractivity (Wildman–Crippen MR) is 69.2 cm³/mol. The molecule has 0 radical (unpaired) electrons. The molecule has 94 valence electrons. The molecule has 1 saturated carbocycles. The first-order valence-electron chi connectivity index (χ1n) is 6.47. The van der Waals surface area contributed by atoms with Gasteiger partial charge in [0.1, 0.15) is 5.75 Å². The van der Waals surface area contributed by atoms with Crippen molar-refractivity contribution in [2.75, 3.05) is 6.61 Å². The number of ether oxygens (including phenoxy) is 1. The molecule has 2 aliphatic rings. The molecule has 3 atom stereocenters. The monoisotopic (exact) mass is 243 g/mol. The van der Waals surface area contributed by atoms with Gasteiger partial charge in [-0.15, -0.1) is 0 Å². The Balaban J connectivity index is 1.47. The number of hydrogen-bond acceptors (Lipinski definition) is 2. The van der Waals surface area contributed by atoms with Gasteiger partial charge in [0.15, 0.2) is 6.61 Å². The minimum atomic E-state index is -0.0233. The molecule has 0 saturated heterocycles. The fraction of sp³-hybridized carbons (Fsp3) is 0.400. The Kier molecular flexibility index (Phi) is 3.05. The second-order valence-corrected chi connectivity index (χ2v) is 5.06. The van der Waals surface area contributed by atoms with Gasteiger partial charge in [-0.1, -0.05) is 30.4 Å². The van der Waals surface area contributed by atoms with Gasteiger partial charge < -0.3 is 10.1 Å². The van der Waals surface area contributed by atoms with E-state index in [0.29, 0.717) is 17.9 Å². The number of benzene rings is 1. The van der Waals surface area contributed by atoms with E-state index < -0.39 is 0 Å². The summed E-state index contributed by atoms with van der Waals surface area (Å²) in [5.41, 5.74) is 0. The van der Waals surface area contributed by atoms with Gasteiger partial charge in [0.05, 0.1) is 0 Å². The third kappa shape index (κ3) is 2.40. The Morgan fingerprint density at radius 1 is 1.22 bits per heavy atom. The summed E-state index contributed by atoms with van der Waals surface area (Å²) in [5, 5.41) is 3.07. The van der Waals surface area contributed by atoms with Crippen molar-refractivity contribution in [3.8, 4) is 5.75 Å². The summed E-state index contributed by atoms with van der Waals surface area (Å²) in [7, 11) is 0. The fourth-order valence-corrected chi connectivity index (χ4v) is 2.86. The van der Waals surface area contributed by atoms with E-state index >= 15 is 0 Å². The SMILES string of the molecule is O=C(COc1ccccc1)NC1CC2C=CC1C2. The van der Waals surface area contributed by atoms with Gasteiger partial charge in [0.2, 0.25) is 0 Å². The fourth-order valence-electron chi connectivity index (χ4n) is 2.86. The van der Waals surface area contributed by atoms with Crippen molar-refractivity contribution >= 4 is 5.91 Å². The van der Waals surface area contributed by atoms with E-state index in [1.165, 1.54) is 6.42 Å². The highest BCUT2D eigenvalue weighted by Gasteiger charge is 2.36. The molecule has 0 heterocycles. The topological polar surface area (TPSA) is 38.3 Å². The van der Waals surface area contributed by atoms with Crippen molar-refractivity contribution in [1.29, 1.82) is 0 Å². The van der Waals surface area contributed by atoms with Crippen molar-refractivity contribution in [3.63, 3.8) is 0 Å². The molecule has 1 fully saturated rings. The number of rotatable bonds is 4. The lowest BCUT2D eigenvalue weighted by Gasteiger charge is -2.19. The summed E-state index contributed by atoms with van der Waals surface area (Å²) in [4.78, 5) is 11.8. The van der Waals surface area contributed by atoms with Crippen LogP contribution >= 0.6 is 0 Å². The number of fused-ring (bicyclic) bond motifs is 2. The Hall–Kier alpha value is -1.77. The van der Waals surface area contributed by atoms with Gasteiger partial charge in [-0.05, 0) is 36.8 Å². The quantitative estimate of drug-likeness (QED) is 0.823. The maximum atomic E-state index is 11.8. The van der Waals surface area contributed by atoms with Crippen LogP contribution in [0, 0.1) is 11.8 Å². The smallest absolute Gasteiger partial charge is 0.258 e. The molecule has 1 N–H and O–H groups in total. The van der Waals surface area contributed by atoms with Crippen molar-refractivity contribution in [2.45, 2.75) is 18.9 Å². The molecule has 18 heavy (non-hydrogen) atoms. The predicted octanol–water partition coefficient (Wildman–Crippen LogP) is 2.15. The molecule has 3 heteroatoms. The van der Waals surface area contributed by atoms with Crippen molar-refractivity contribution < 1.29 is 9.53 Å². The highest BCUT2D eigenvalue weighted by molar-refractivity contribution is 5.78. The lowest BCUT2D eigenvalue weighted by Crippen LogP contribution is -2.40. The molecular formula is C15H17NO2. The molecule has 2 bridgehead atoms. The number of carbonyl (C=O) groups is 1. The number of hydrogen-bond donors (Lipinski definition) is 1. The van der Waals surface area contributed by atoms with E-state index in [4.69, 9.17) is 4.74 Å². The summed E-state index contributed by atoms with van der Waals surface area (Å²) in [5.74, 6) is 1.93. The molecule has 3 unspecified atom stereocenters. The molecular weight excluding hydrogens is 226 g/mol. The molecule has 1 aromatic carbocycles. The van der Waals surface area contributed by atoms with Crippen LogP contribution in [0.4, 0.5) is 0 Å². The van der Waals surface area contributed by atoms with E-state index in [1.807, 2.05) is 30.3 Å². The largest absolute Gasteiger partial charge is 0.484 e. The third-order valence-electron chi connectivity index (χ3n) is 3.74. The summed E-state index contributed by atoms with van der Waals surface area (Å²) in [6.07, 6.45) is 6.79. The Morgan fingerprint density at radius 3 is 2.72 bits per heavy atom. The second kappa shape index (κ2) is 4.84.